The van der Waals surface area contributed by atoms with Gasteiger partial charge in [-0.3, -0.25) is 4.79 Å². The number of amides is 1. The lowest BCUT2D eigenvalue weighted by atomic mass is 9.83. The summed E-state index contributed by atoms with van der Waals surface area (Å²) in [5.74, 6) is 0.141. The molecule has 0 aromatic rings. The van der Waals surface area contributed by atoms with Crippen LogP contribution >= 0.6 is 12.6 Å². The second-order valence-electron chi connectivity index (χ2n) is 5.19. The highest BCUT2D eigenvalue weighted by molar-refractivity contribution is 7.81. The van der Waals surface area contributed by atoms with Gasteiger partial charge in [-0.1, -0.05) is 32.4 Å². The summed E-state index contributed by atoms with van der Waals surface area (Å²) in [5, 5.41) is -0.186. The second-order valence-corrected chi connectivity index (χ2v) is 5.96. The molecule has 0 saturated heterocycles. The molecule has 86 valence electrons. The lowest BCUT2D eigenvalue weighted by molar-refractivity contribution is -0.130. The van der Waals surface area contributed by atoms with Crippen LogP contribution in [0, 0.1) is 5.41 Å². The van der Waals surface area contributed by atoms with Crippen LogP contribution in [0.15, 0.2) is 11.6 Å². The molecular weight excluding hydrogens is 206 g/mol. The molecule has 0 bridgehead atoms. The first kappa shape index (κ1) is 12.6. The van der Waals surface area contributed by atoms with Gasteiger partial charge in [0.25, 0.3) is 0 Å². The average molecular weight is 227 g/mol. The molecule has 2 nitrogen and oxygen atoms in total. The fraction of sp³-hybridized carbons (Fsp3) is 0.750. The van der Waals surface area contributed by atoms with Gasteiger partial charge in [0.1, 0.15) is 0 Å². The molecule has 0 N–H and O–H groups in total. The predicted molar refractivity (Wildman–Crippen MR) is 67.2 cm³/mol. The van der Waals surface area contributed by atoms with Crippen LogP contribution in [0.25, 0.3) is 0 Å². The van der Waals surface area contributed by atoms with Crippen molar-refractivity contribution in [3.63, 3.8) is 0 Å². The molecule has 1 atom stereocenters. The Hall–Kier alpha value is -0.440. The van der Waals surface area contributed by atoms with Gasteiger partial charge in [-0.05, 0) is 18.8 Å². The maximum atomic E-state index is 11.7. The number of rotatable bonds is 1. The van der Waals surface area contributed by atoms with Crippen LogP contribution in [0.4, 0.5) is 0 Å². The minimum atomic E-state index is -0.186. The number of thiol groups is 1. The standard InChI is InChI=1S/C12H21NOS/c1-9(15)11(14)13-7-5-10(6-8-13)12(2,3)4/h5,9,15H,6-8H2,1-4H3. The molecule has 1 heterocycles. The van der Waals surface area contributed by atoms with Gasteiger partial charge in [0.2, 0.25) is 5.91 Å². The fourth-order valence-corrected chi connectivity index (χ4v) is 1.98. The van der Waals surface area contributed by atoms with E-state index in [4.69, 9.17) is 0 Å². The highest BCUT2D eigenvalue weighted by atomic mass is 32.1. The van der Waals surface area contributed by atoms with Gasteiger partial charge in [0.15, 0.2) is 0 Å². The van der Waals surface area contributed by atoms with E-state index in [1.54, 1.807) is 0 Å². The van der Waals surface area contributed by atoms with E-state index in [-0.39, 0.29) is 16.6 Å². The molecular formula is C12H21NOS. The summed E-state index contributed by atoms with van der Waals surface area (Å²) in [4.78, 5) is 13.6. The van der Waals surface area contributed by atoms with E-state index in [0.717, 1.165) is 19.5 Å². The lowest BCUT2D eigenvalue weighted by Crippen LogP contribution is -2.39. The van der Waals surface area contributed by atoms with Gasteiger partial charge in [0.05, 0.1) is 5.25 Å². The molecule has 3 heteroatoms. The quantitative estimate of drug-likeness (QED) is 0.539. The molecule has 15 heavy (non-hydrogen) atoms. The summed E-state index contributed by atoms with van der Waals surface area (Å²) < 4.78 is 0. The smallest absolute Gasteiger partial charge is 0.235 e. The molecule has 0 aromatic heterocycles. The van der Waals surface area contributed by atoms with Crippen LogP contribution in [0.3, 0.4) is 0 Å². The van der Waals surface area contributed by atoms with Crippen molar-refractivity contribution in [2.45, 2.75) is 39.4 Å². The van der Waals surface area contributed by atoms with Gasteiger partial charge in [-0.15, -0.1) is 0 Å². The van der Waals surface area contributed by atoms with Crippen molar-refractivity contribution in [3.05, 3.63) is 11.6 Å². The molecule has 0 saturated carbocycles. The normalized spacial score (nSPS) is 19.8. The zero-order chi connectivity index (χ0) is 11.6. The highest BCUT2D eigenvalue weighted by Gasteiger charge is 2.24. The van der Waals surface area contributed by atoms with Gasteiger partial charge >= 0.3 is 0 Å². The topological polar surface area (TPSA) is 20.3 Å². The van der Waals surface area contributed by atoms with Crippen molar-refractivity contribution >= 4 is 18.5 Å². The zero-order valence-corrected chi connectivity index (χ0v) is 11.0. The fourth-order valence-electron chi connectivity index (χ4n) is 1.81. The Morgan fingerprint density at radius 3 is 2.47 bits per heavy atom. The molecule has 1 rings (SSSR count). The highest BCUT2D eigenvalue weighted by Crippen LogP contribution is 2.30. The second kappa shape index (κ2) is 4.60. The summed E-state index contributed by atoms with van der Waals surface area (Å²) in [5.41, 5.74) is 1.69. The first-order valence-corrected chi connectivity index (χ1v) is 6.00. The van der Waals surface area contributed by atoms with E-state index in [9.17, 15) is 4.79 Å². The van der Waals surface area contributed by atoms with Crippen molar-refractivity contribution < 1.29 is 4.79 Å². The first-order valence-electron chi connectivity index (χ1n) is 5.48. The zero-order valence-electron chi connectivity index (χ0n) is 10.1. The van der Waals surface area contributed by atoms with Gasteiger partial charge in [0, 0.05) is 13.1 Å². The minimum absolute atomic E-state index is 0.141. The molecule has 0 fully saturated rings. The van der Waals surface area contributed by atoms with Crippen molar-refractivity contribution in [2.75, 3.05) is 13.1 Å². The number of carbonyl (C=O) groups excluding carboxylic acids is 1. The molecule has 1 aliphatic heterocycles. The van der Waals surface area contributed by atoms with Gasteiger partial charge < -0.3 is 4.90 Å². The Morgan fingerprint density at radius 2 is 2.13 bits per heavy atom. The number of hydrogen-bond donors (Lipinski definition) is 1. The Balaban J connectivity index is 2.62. The Morgan fingerprint density at radius 1 is 1.53 bits per heavy atom. The minimum Gasteiger partial charge on any atom is -0.338 e. The summed E-state index contributed by atoms with van der Waals surface area (Å²) in [6, 6.07) is 0. The molecule has 1 aliphatic rings. The molecule has 0 aromatic carbocycles. The largest absolute Gasteiger partial charge is 0.338 e. The van der Waals surface area contributed by atoms with E-state index in [1.807, 2.05) is 11.8 Å². The lowest BCUT2D eigenvalue weighted by Gasteiger charge is -2.32. The predicted octanol–water partition coefficient (Wildman–Crippen LogP) is 2.51. The van der Waals surface area contributed by atoms with E-state index >= 15 is 0 Å². The SMILES string of the molecule is CC(S)C(=O)N1CC=C(C(C)(C)C)CC1. The molecule has 0 spiro atoms. The Kier molecular flexibility index (Phi) is 3.87. The summed E-state index contributed by atoms with van der Waals surface area (Å²) in [7, 11) is 0. The van der Waals surface area contributed by atoms with Crippen LogP contribution in [-0.4, -0.2) is 29.1 Å². The van der Waals surface area contributed by atoms with Crippen LogP contribution in [0.2, 0.25) is 0 Å². The van der Waals surface area contributed by atoms with Crippen LogP contribution in [0.5, 0.6) is 0 Å². The molecule has 0 aliphatic carbocycles. The third-order valence-corrected chi connectivity index (χ3v) is 3.06. The van der Waals surface area contributed by atoms with E-state index in [2.05, 4.69) is 39.5 Å². The first-order chi connectivity index (χ1) is 6.82. The monoisotopic (exact) mass is 227 g/mol. The van der Waals surface area contributed by atoms with E-state index in [0.29, 0.717) is 0 Å². The molecule has 1 amide bonds. The third-order valence-electron chi connectivity index (χ3n) is 2.84. The van der Waals surface area contributed by atoms with Gasteiger partial charge in [-0.25, -0.2) is 0 Å². The van der Waals surface area contributed by atoms with Crippen molar-refractivity contribution in [1.29, 1.82) is 0 Å². The van der Waals surface area contributed by atoms with Gasteiger partial charge in [-0.2, -0.15) is 12.6 Å². The van der Waals surface area contributed by atoms with Crippen molar-refractivity contribution in [2.24, 2.45) is 5.41 Å². The van der Waals surface area contributed by atoms with Crippen LogP contribution in [-0.2, 0) is 4.79 Å². The van der Waals surface area contributed by atoms with Crippen molar-refractivity contribution in [1.82, 2.24) is 4.90 Å². The maximum absolute atomic E-state index is 11.7. The summed E-state index contributed by atoms with van der Waals surface area (Å²) in [6.07, 6.45) is 3.19. The molecule has 0 radical (unpaired) electrons. The third kappa shape index (κ3) is 3.26. The Bertz CT molecular complexity index is 276. The van der Waals surface area contributed by atoms with Crippen LogP contribution in [0.1, 0.15) is 34.1 Å². The Labute approximate surface area is 98.1 Å². The van der Waals surface area contributed by atoms with E-state index in [1.165, 1.54) is 5.57 Å². The number of nitrogens with zero attached hydrogens (tertiary/aromatic N) is 1. The molecule has 1 unspecified atom stereocenters. The maximum Gasteiger partial charge on any atom is 0.235 e. The number of hydrogen-bond acceptors (Lipinski definition) is 2. The average Bonchev–Trinajstić information content (AvgIpc) is 2.15. The van der Waals surface area contributed by atoms with Crippen molar-refractivity contribution in [3.8, 4) is 0 Å². The summed E-state index contributed by atoms with van der Waals surface area (Å²) >= 11 is 4.17. The summed E-state index contributed by atoms with van der Waals surface area (Å²) in [6.45, 7) is 10.1. The van der Waals surface area contributed by atoms with E-state index < -0.39 is 0 Å². The van der Waals surface area contributed by atoms with Crippen LogP contribution < -0.4 is 0 Å². The number of carbonyl (C=O) groups is 1.